The number of aryl methyl sites for hydroxylation is 1. The van der Waals surface area contributed by atoms with Gasteiger partial charge >= 0.3 is 0 Å². The van der Waals surface area contributed by atoms with Crippen molar-refractivity contribution in [1.82, 2.24) is 14.9 Å². The van der Waals surface area contributed by atoms with Gasteiger partial charge in [0, 0.05) is 19.4 Å². The molecule has 3 rings (SSSR count). The smallest absolute Gasteiger partial charge is 0.253 e. The summed E-state index contributed by atoms with van der Waals surface area (Å²) in [4.78, 5) is 17.0. The summed E-state index contributed by atoms with van der Waals surface area (Å²) in [6.45, 7) is 0. The zero-order chi connectivity index (χ0) is 16.2. The summed E-state index contributed by atoms with van der Waals surface area (Å²) >= 11 is 6.12. The van der Waals surface area contributed by atoms with Gasteiger partial charge in [-0.15, -0.1) is 0 Å². The fourth-order valence-corrected chi connectivity index (χ4v) is 2.67. The minimum absolute atomic E-state index is 0.229. The Labute approximate surface area is 139 Å². The van der Waals surface area contributed by atoms with Crippen LogP contribution in [0.2, 0.25) is 5.02 Å². The van der Waals surface area contributed by atoms with Crippen molar-refractivity contribution in [2.45, 2.75) is 6.04 Å². The lowest BCUT2D eigenvalue weighted by molar-refractivity contribution is 0.0941. The highest BCUT2D eigenvalue weighted by molar-refractivity contribution is 6.33. The molecule has 5 heteroatoms. The number of benzene rings is 2. The first-order valence-electron chi connectivity index (χ1n) is 7.24. The Morgan fingerprint density at radius 1 is 1.13 bits per heavy atom. The van der Waals surface area contributed by atoms with Gasteiger partial charge in [0.05, 0.1) is 10.6 Å². The molecule has 0 fully saturated rings. The van der Waals surface area contributed by atoms with Gasteiger partial charge in [-0.05, 0) is 17.7 Å². The van der Waals surface area contributed by atoms with E-state index in [2.05, 4.69) is 10.3 Å². The lowest BCUT2D eigenvalue weighted by Crippen LogP contribution is -2.31. The highest BCUT2D eigenvalue weighted by Crippen LogP contribution is 2.22. The van der Waals surface area contributed by atoms with Gasteiger partial charge in [-0.25, -0.2) is 4.98 Å². The molecule has 0 aliphatic heterocycles. The lowest BCUT2D eigenvalue weighted by Gasteiger charge is -2.19. The Morgan fingerprint density at radius 3 is 2.48 bits per heavy atom. The number of hydrogen-bond donors (Lipinski definition) is 1. The maximum atomic E-state index is 12.6. The molecule has 0 bridgehead atoms. The average molecular weight is 326 g/mol. The highest BCUT2D eigenvalue weighted by atomic mass is 35.5. The Hall–Kier alpha value is -2.59. The van der Waals surface area contributed by atoms with E-state index in [1.54, 1.807) is 30.5 Å². The van der Waals surface area contributed by atoms with Crippen LogP contribution in [0.5, 0.6) is 0 Å². The molecule has 0 unspecified atom stereocenters. The van der Waals surface area contributed by atoms with Gasteiger partial charge < -0.3 is 9.88 Å². The summed E-state index contributed by atoms with van der Waals surface area (Å²) in [5.41, 5.74) is 1.41. The van der Waals surface area contributed by atoms with Crippen LogP contribution in [-0.2, 0) is 7.05 Å². The molecule has 0 radical (unpaired) electrons. The highest BCUT2D eigenvalue weighted by Gasteiger charge is 2.22. The summed E-state index contributed by atoms with van der Waals surface area (Å²) in [5.74, 6) is 0.532. The van der Waals surface area contributed by atoms with Crippen molar-refractivity contribution in [1.29, 1.82) is 0 Å². The third-order valence-electron chi connectivity index (χ3n) is 3.64. The second kappa shape index (κ2) is 6.67. The van der Waals surface area contributed by atoms with Crippen LogP contribution >= 0.6 is 11.6 Å². The van der Waals surface area contributed by atoms with Gasteiger partial charge in [-0.1, -0.05) is 54.1 Å². The van der Waals surface area contributed by atoms with E-state index in [-0.39, 0.29) is 11.9 Å². The molecule has 116 valence electrons. The maximum absolute atomic E-state index is 12.6. The summed E-state index contributed by atoms with van der Waals surface area (Å²) in [6.07, 6.45) is 3.57. The number of carbonyl (C=O) groups excluding carboxylic acids is 1. The van der Waals surface area contributed by atoms with Crippen molar-refractivity contribution < 1.29 is 4.79 Å². The molecule has 0 aliphatic carbocycles. The van der Waals surface area contributed by atoms with Gasteiger partial charge in [-0.2, -0.15) is 0 Å². The number of amides is 1. The van der Waals surface area contributed by atoms with Crippen LogP contribution in [0.1, 0.15) is 27.8 Å². The van der Waals surface area contributed by atoms with Crippen LogP contribution in [0, 0.1) is 0 Å². The Kier molecular flexibility index (Phi) is 4.44. The molecule has 2 aromatic carbocycles. The lowest BCUT2D eigenvalue weighted by atomic mass is 10.1. The number of nitrogens with one attached hydrogen (secondary N) is 1. The molecule has 4 nitrogen and oxygen atoms in total. The maximum Gasteiger partial charge on any atom is 0.253 e. The van der Waals surface area contributed by atoms with Gasteiger partial charge in [-0.3, -0.25) is 4.79 Å². The molecule has 3 aromatic rings. The zero-order valence-electron chi connectivity index (χ0n) is 12.6. The molecule has 1 heterocycles. The van der Waals surface area contributed by atoms with Crippen molar-refractivity contribution in [2.75, 3.05) is 0 Å². The van der Waals surface area contributed by atoms with Gasteiger partial charge in [0.25, 0.3) is 5.91 Å². The van der Waals surface area contributed by atoms with Crippen molar-refractivity contribution in [3.63, 3.8) is 0 Å². The number of aromatic nitrogens is 2. The molecule has 0 saturated heterocycles. The third-order valence-corrected chi connectivity index (χ3v) is 3.97. The molecular formula is C18H16ClN3O. The topological polar surface area (TPSA) is 46.9 Å². The van der Waals surface area contributed by atoms with Crippen LogP contribution in [0.3, 0.4) is 0 Å². The number of imidazole rings is 1. The van der Waals surface area contributed by atoms with E-state index in [0.29, 0.717) is 10.6 Å². The normalized spacial score (nSPS) is 11.9. The van der Waals surface area contributed by atoms with Crippen LogP contribution in [-0.4, -0.2) is 15.5 Å². The van der Waals surface area contributed by atoms with Gasteiger partial charge in [0.15, 0.2) is 0 Å². The van der Waals surface area contributed by atoms with E-state index >= 15 is 0 Å². The van der Waals surface area contributed by atoms with Crippen molar-refractivity contribution >= 4 is 17.5 Å². The largest absolute Gasteiger partial charge is 0.338 e. The summed E-state index contributed by atoms with van der Waals surface area (Å²) in [5, 5.41) is 3.45. The molecule has 1 N–H and O–H groups in total. The van der Waals surface area contributed by atoms with Crippen molar-refractivity contribution in [3.05, 3.63) is 89.0 Å². The van der Waals surface area contributed by atoms with E-state index in [0.717, 1.165) is 11.4 Å². The Balaban J connectivity index is 1.96. The summed E-state index contributed by atoms with van der Waals surface area (Å²) < 4.78 is 1.89. The SMILES string of the molecule is Cn1ccnc1[C@H](NC(=O)c1ccccc1Cl)c1ccccc1. The second-order valence-electron chi connectivity index (χ2n) is 5.19. The number of carbonyl (C=O) groups is 1. The van der Waals surface area contributed by atoms with E-state index < -0.39 is 0 Å². The molecule has 1 aromatic heterocycles. The first-order chi connectivity index (χ1) is 11.2. The summed E-state index contributed by atoms with van der Waals surface area (Å²) in [7, 11) is 1.90. The van der Waals surface area contributed by atoms with Gasteiger partial charge in [0.2, 0.25) is 0 Å². The molecular weight excluding hydrogens is 310 g/mol. The van der Waals surface area contributed by atoms with E-state index in [1.807, 2.05) is 48.1 Å². The van der Waals surface area contributed by atoms with Gasteiger partial charge in [0.1, 0.15) is 11.9 Å². The number of halogens is 1. The van der Waals surface area contributed by atoms with E-state index in [4.69, 9.17) is 11.6 Å². The van der Waals surface area contributed by atoms with E-state index in [1.165, 1.54) is 0 Å². The number of hydrogen-bond acceptors (Lipinski definition) is 2. The number of nitrogens with zero attached hydrogens (tertiary/aromatic N) is 2. The minimum Gasteiger partial charge on any atom is -0.338 e. The quantitative estimate of drug-likeness (QED) is 0.796. The predicted molar refractivity (Wildman–Crippen MR) is 90.4 cm³/mol. The van der Waals surface area contributed by atoms with Crippen LogP contribution in [0.15, 0.2) is 67.0 Å². The first kappa shape index (κ1) is 15.3. The average Bonchev–Trinajstić information content (AvgIpc) is 2.99. The van der Waals surface area contributed by atoms with E-state index in [9.17, 15) is 4.79 Å². The zero-order valence-corrected chi connectivity index (χ0v) is 13.4. The van der Waals surface area contributed by atoms with Crippen molar-refractivity contribution in [3.8, 4) is 0 Å². The fourth-order valence-electron chi connectivity index (χ4n) is 2.45. The standard InChI is InChI=1S/C18H16ClN3O/c1-22-12-11-20-17(22)16(13-7-3-2-4-8-13)21-18(23)14-9-5-6-10-15(14)19/h2-12,16H,1H3,(H,21,23)/t16-/m1/s1. The second-order valence-corrected chi connectivity index (χ2v) is 5.60. The van der Waals surface area contributed by atoms with Crippen LogP contribution < -0.4 is 5.32 Å². The van der Waals surface area contributed by atoms with Crippen molar-refractivity contribution in [2.24, 2.45) is 7.05 Å². The molecule has 0 aliphatic rings. The van der Waals surface area contributed by atoms with Crippen LogP contribution in [0.25, 0.3) is 0 Å². The third kappa shape index (κ3) is 3.27. The number of rotatable bonds is 4. The Morgan fingerprint density at radius 2 is 1.83 bits per heavy atom. The monoisotopic (exact) mass is 325 g/mol. The predicted octanol–water partition coefficient (Wildman–Crippen LogP) is 3.59. The summed E-state index contributed by atoms with van der Waals surface area (Å²) in [6, 6.07) is 16.4. The molecule has 0 saturated carbocycles. The fraction of sp³-hybridized carbons (Fsp3) is 0.111. The molecule has 0 spiro atoms. The minimum atomic E-state index is -0.347. The molecule has 1 amide bonds. The molecule has 23 heavy (non-hydrogen) atoms. The first-order valence-corrected chi connectivity index (χ1v) is 7.62. The Bertz CT molecular complexity index is 814. The molecule has 1 atom stereocenters. The van der Waals surface area contributed by atoms with Crippen LogP contribution in [0.4, 0.5) is 0 Å².